The van der Waals surface area contributed by atoms with Crippen LogP contribution < -0.4 is 0 Å². The van der Waals surface area contributed by atoms with Crippen molar-refractivity contribution >= 4 is 17.7 Å². The number of hydrogen-bond donors (Lipinski definition) is 0. The van der Waals surface area contributed by atoms with Crippen molar-refractivity contribution in [2.24, 2.45) is 0 Å². The number of hydrogen-bond acceptors (Lipinski definition) is 7. The Bertz CT molecular complexity index is 767. The molecule has 112 valence electrons. The average molecular weight is 316 g/mol. The van der Waals surface area contributed by atoms with E-state index < -0.39 is 0 Å². The second-order valence-corrected chi connectivity index (χ2v) is 5.26. The van der Waals surface area contributed by atoms with Crippen molar-refractivity contribution in [2.45, 2.75) is 11.0 Å². The molecule has 0 atom stereocenters. The molecule has 22 heavy (non-hydrogen) atoms. The lowest BCUT2D eigenvalue weighted by Crippen LogP contribution is -2.01. The fourth-order valence-corrected chi connectivity index (χ4v) is 2.53. The minimum atomic E-state index is -0.357. The summed E-state index contributed by atoms with van der Waals surface area (Å²) in [5.41, 5.74) is 1.48. The van der Waals surface area contributed by atoms with Crippen molar-refractivity contribution in [3.05, 3.63) is 53.8 Å². The molecule has 3 aromatic rings. The maximum Gasteiger partial charge on any atom is 0.337 e. The summed E-state index contributed by atoms with van der Waals surface area (Å²) in [7, 11) is 1.36. The zero-order valence-corrected chi connectivity index (χ0v) is 12.5. The lowest BCUT2D eigenvalue weighted by atomic mass is 10.1. The van der Waals surface area contributed by atoms with Crippen LogP contribution in [-0.2, 0) is 10.5 Å². The van der Waals surface area contributed by atoms with Gasteiger partial charge in [0.25, 0.3) is 11.1 Å². The van der Waals surface area contributed by atoms with Crippen LogP contribution in [0.3, 0.4) is 0 Å². The van der Waals surface area contributed by atoms with Crippen LogP contribution in [0.15, 0.2) is 56.7 Å². The molecule has 0 saturated carbocycles. The smallest absolute Gasteiger partial charge is 0.337 e. The first-order valence-electron chi connectivity index (χ1n) is 6.43. The zero-order valence-electron chi connectivity index (χ0n) is 11.7. The molecule has 0 saturated heterocycles. The van der Waals surface area contributed by atoms with Crippen LogP contribution in [-0.4, -0.2) is 23.3 Å². The van der Waals surface area contributed by atoms with Crippen LogP contribution >= 0.6 is 11.8 Å². The van der Waals surface area contributed by atoms with Gasteiger partial charge in [0.2, 0.25) is 0 Å². The molecule has 2 aromatic heterocycles. The molecule has 0 N–H and O–H groups in total. The van der Waals surface area contributed by atoms with E-state index in [4.69, 9.17) is 13.6 Å². The van der Waals surface area contributed by atoms with Gasteiger partial charge in [-0.2, -0.15) is 0 Å². The molecule has 3 rings (SSSR count). The number of methoxy groups -OCH3 is 1. The van der Waals surface area contributed by atoms with E-state index in [1.165, 1.54) is 18.9 Å². The first kappa shape index (κ1) is 14.4. The highest BCUT2D eigenvalue weighted by Crippen LogP contribution is 2.26. The van der Waals surface area contributed by atoms with E-state index in [0.29, 0.717) is 28.2 Å². The minimum Gasteiger partial charge on any atom is -0.465 e. The van der Waals surface area contributed by atoms with Gasteiger partial charge in [-0.15, -0.1) is 10.2 Å². The van der Waals surface area contributed by atoms with Gasteiger partial charge in [0.05, 0.1) is 18.9 Å². The molecule has 0 fully saturated rings. The van der Waals surface area contributed by atoms with Gasteiger partial charge in [-0.25, -0.2) is 4.79 Å². The average Bonchev–Trinajstić information content (AvgIpc) is 3.23. The number of aromatic nitrogens is 2. The van der Waals surface area contributed by atoms with Gasteiger partial charge < -0.3 is 13.6 Å². The van der Waals surface area contributed by atoms with Gasteiger partial charge in [-0.1, -0.05) is 23.9 Å². The van der Waals surface area contributed by atoms with Crippen molar-refractivity contribution < 1.29 is 18.4 Å². The Morgan fingerprint density at radius 2 is 2.18 bits per heavy atom. The molecule has 2 heterocycles. The van der Waals surface area contributed by atoms with Gasteiger partial charge >= 0.3 is 5.97 Å². The van der Waals surface area contributed by atoms with Crippen molar-refractivity contribution in [3.63, 3.8) is 0 Å². The fraction of sp³-hybridized carbons (Fsp3) is 0.133. The first-order valence-corrected chi connectivity index (χ1v) is 7.42. The van der Waals surface area contributed by atoms with E-state index in [1.807, 2.05) is 12.1 Å². The highest BCUT2D eigenvalue weighted by atomic mass is 32.2. The normalized spacial score (nSPS) is 10.6. The Morgan fingerprint density at radius 1 is 1.27 bits per heavy atom. The van der Waals surface area contributed by atoms with Crippen LogP contribution in [0.1, 0.15) is 15.9 Å². The number of nitrogens with zero attached hydrogens (tertiary/aromatic N) is 2. The monoisotopic (exact) mass is 316 g/mol. The van der Waals surface area contributed by atoms with Crippen LogP contribution in [0.2, 0.25) is 0 Å². The summed E-state index contributed by atoms with van der Waals surface area (Å²) in [4.78, 5) is 11.5. The first-order chi connectivity index (χ1) is 10.8. The molecule has 1 aromatic carbocycles. The van der Waals surface area contributed by atoms with Crippen molar-refractivity contribution in [2.75, 3.05) is 7.11 Å². The fourth-order valence-electron chi connectivity index (χ4n) is 1.82. The number of carbonyl (C=O) groups excluding carboxylic acids is 1. The molecule has 6 nitrogen and oxygen atoms in total. The predicted octanol–water partition coefficient (Wildman–Crippen LogP) is 3.41. The minimum absolute atomic E-state index is 0.343. The standard InChI is InChI=1S/C15H12N2O4S/c1-19-14(18)11-5-2-4-10(8-11)9-22-15-17-16-13(21-15)12-6-3-7-20-12/h2-8H,9H2,1H3. The highest BCUT2D eigenvalue weighted by Gasteiger charge is 2.12. The number of thioether (sulfide) groups is 1. The van der Waals surface area contributed by atoms with Crippen LogP contribution in [0, 0.1) is 0 Å². The topological polar surface area (TPSA) is 78.4 Å². The Balaban J connectivity index is 1.67. The quantitative estimate of drug-likeness (QED) is 0.527. The molecule has 0 aliphatic heterocycles. The lowest BCUT2D eigenvalue weighted by Gasteiger charge is -2.02. The number of rotatable bonds is 5. The van der Waals surface area contributed by atoms with E-state index in [-0.39, 0.29) is 5.97 Å². The molecule has 0 spiro atoms. The summed E-state index contributed by atoms with van der Waals surface area (Å²) in [5.74, 6) is 1.12. The third kappa shape index (κ3) is 3.20. The molecule has 0 bridgehead atoms. The number of furan rings is 1. The van der Waals surface area contributed by atoms with E-state index in [2.05, 4.69) is 10.2 Å². The zero-order chi connectivity index (χ0) is 15.4. The second-order valence-electron chi connectivity index (χ2n) is 4.33. The molecule has 0 aliphatic rings. The lowest BCUT2D eigenvalue weighted by molar-refractivity contribution is 0.0600. The highest BCUT2D eigenvalue weighted by molar-refractivity contribution is 7.98. The predicted molar refractivity (Wildman–Crippen MR) is 79.3 cm³/mol. The van der Waals surface area contributed by atoms with Crippen molar-refractivity contribution in [1.29, 1.82) is 0 Å². The third-order valence-electron chi connectivity index (χ3n) is 2.85. The van der Waals surface area contributed by atoms with Crippen LogP contribution in [0.4, 0.5) is 0 Å². The molecular weight excluding hydrogens is 304 g/mol. The summed E-state index contributed by atoms with van der Waals surface area (Å²) in [5, 5.41) is 8.32. The van der Waals surface area contributed by atoms with Gasteiger partial charge in [-0.05, 0) is 29.8 Å². The maximum atomic E-state index is 11.5. The summed E-state index contributed by atoms with van der Waals surface area (Å²) in [6, 6.07) is 10.7. The molecule has 0 amide bonds. The summed E-state index contributed by atoms with van der Waals surface area (Å²) < 4.78 is 15.4. The summed E-state index contributed by atoms with van der Waals surface area (Å²) in [6.45, 7) is 0. The van der Waals surface area contributed by atoms with Crippen molar-refractivity contribution in [1.82, 2.24) is 10.2 Å². The molecule has 0 radical (unpaired) electrons. The van der Waals surface area contributed by atoms with Crippen LogP contribution in [0.25, 0.3) is 11.7 Å². The Hall–Kier alpha value is -2.54. The number of ether oxygens (including phenoxy) is 1. The Labute approximate surface area is 130 Å². The van der Waals surface area contributed by atoms with E-state index in [0.717, 1.165) is 5.56 Å². The SMILES string of the molecule is COC(=O)c1cccc(CSc2nnc(-c3ccco3)o2)c1. The Morgan fingerprint density at radius 3 is 2.95 bits per heavy atom. The number of esters is 1. The molecule has 0 unspecified atom stereocenters. The van der Waals surface area contributed by atoms with Crippen molar-refractivity contribution in [3.8, 4) is 11.7 Å². The van der Waals surface area contributed by atoms with Gasteiger partial charge in [-0.3, -0.25) is 0 Å². The molecule has 0 aliphatic carbocycles. The van der Waals surface area contributed by atoms with Crippen LogP contribution in [0.5, 0.6) is 0 Å². The third-order valence-corrected chi connectivity index (χ3v) is 3.74. The van der Waals surface area contributed by atoms with E-state index in [1.54, 1.807) is 30.5 Å². The largest absolute Gasteiger partial charge is 0.465 e. The number of benzene rings is 1. The van der Waals surface area contributed by atoms with Gasteiger partial charge in [0.1, 0.15) is 0 Å². The molecule has 7 heteroatoms. The summed E-state index contributed by atoms with van der Waals surface area (Å²) in [6.07, 6.45) is 1.55. The van der Waals surface area contributed by atoms with Gasteiger partial charge in [0, 0.05) is 5.75 Å². The maximum absolute atomic E-state index is 11.5. The number of carbonyl (C=O) groups is 1. The second kappa shape index (κ2) is 6.48. The molecular formula is C15H12N2O4S. The van der Waals surface area contributed by atoms with Gasteiger partial charge in [0.15, 0.2) is 5.76 Å². The van der Waals surface area contributed by atoms with E-state index >= 15 is 0 Å². The van der Waals surface area contributed by atoms with E-state index in [9.17, 15) is 4.79 Å². The summed E-state index contributed by atoms with van der Waals surface area (Å²) >= 11 is 1.39. The Kier molecular flexibility index (Phi) is 4.24.